The molecular formula is C25H23N3O2S2. The number of thiophene rings is 1. The highest BCUT2D eigenvalue weighted by Gasteiger charge is 2.21. The predicted octanol–water partition coefficient (Wildman–Crippen LogP) is 4.96. The highest BCUT2D eigenvalue weighted by atomic mass is 32.2. The lowest BCUT2D eigenvalue weighted by atomic mass is 10.1. The van der Waals surface area contributed by atoms with Gasteiger partial charge in [0.05, 0.1) is 17.2 Å². The van der Waals surface area contributed by atoms with Gasteiger partial charge in [-0.25, -0.2) is 4.98 Å². The fraction of sp³-hybridized carbons (Fsp3) is 0.160. The van der Waals surface area contributed by atoms with E-state index in [1.54, 1.807) is 10.6 Å². The van der Waals surface area contributed by atoms with Crippen molar-refractivity contribution in [3.05, 3.63) is 94.6 Å². The number of hydrogen-bond acceptors (Lipinski definition) is 5. The minimum absolute atomic E-state index is 0.0971. The summed E-state index contributed by atoms with van der Waals surface area (Å²) >= 11 is 2.74. The van der Waals surface area contributed by atoms with Gasteiger partial charge in [-0.15, -0.1) is 17.9 Å². The Balaban J connectivity index is 1.81. The van der Waals surface area contributed by atoms with Crippen molar-refractivity contribution in [2.24, 2.45) is 0 Å². The minimum Gasteiger partial charge on any atom is -0.352 e. The molecule has 162 valence electrons. The number of amides is 1. The molecule has 0 spiro atoms. The van der Waals surface area contributed by atoms with E-state index in [4.69, 9.17) is 4.98 Å². The van der Waals surface area contributed by atoms with Gasteiger partial charge in [0.2, 0.25) is 5.91 Å². The van der Waals surface area contributed by atoms with Crippen molar-refractivity contribution in [2.45, 2.75) is 23.9 Å². The molecule has 5 nitrogen and oxygen atoms in total. The summed E-state index contributed by atoms with van der Waals surface area (Å²) in [6.45, 7) is 6.23. The van der Waals surface area contributed by atoms with Crippen LogP contribution in [0.1, 0.15) is 12.5 Å². The summed E-state index contributed by atoms with van der Waals surface area (Å²) in [6.07, 6.45) is 1.64. The van der Waals surface area contributed by atoms with Crippen LogP contribution in [0.2, 0.25) is 0 Å². The van der Waals surface area contributed by atoms with Crippen LogP contribution in [-0.2, 0) is 11.3 Å². The molecule has 2 heterocycles. The molecule has 32 heavy (non-hydrogen) atoms. The largest absolute Gasteiger partial charge is 0.352 e. The molecule has 0 bridgehead atoms. The minimum atomic E-state index is -0.408. The van der Waals surface area contributed by atoms with Crippen molar-refractivity contribution >= 4 is 39.2 Å². The lowest BCUT2D eigenvalue weighted by Gasteiger charge is -2.16. The zero-order valence-corrected chi connectivity index (χ0v) is 19.3. The van der Waals surface area contributed by atoms with Gasteiger partial charge in [0, 0.05) is 17.5 Å². The van der Waals surface area contributed by atoms with Crippen LogP contribution in [0, 0.1) is 0 Å². The first-order valence-corrected chi connectivity index (χ1v) is 12.0. The molecule has 0 fully saturated rings. The van der Waals surface area contributed by atoms with Crippen LogP contribution in [0.3, 0.4) is 0 Å². The number of carbonyl (C=O) groups is 1. The number of fused-ring (bicyclic) bond motifs is 1. The fourth-order valence-corrected chi connectivity index (χ4v) is 5.28. The Hall–Kier alpha value is -3.16. The summed E-state index contributed by atoms with van der Waals surface area (Å²) < 4.78 is 1.68. The second-order valence-electron chi connectivity index (χ2n) is 7.26. The van der Waals surface area contributed by atoms with Crippen LogP contribution in [0.4, 0.5) is 0 Å². The van der Waals surface area contributed by atoms with Gasteiger partial charge >= 0.3 is 0 Å². The quantitative estimate of drug-likeness (QED) is 0.229. The van der Waals surface area contributed by atoms with E-state index in [0.717, 1.165) is 16.7 Å². The smallest absolute Gasteiger partial charge is 0.263 e. The molecule has 1 atom stereocenters. The molecule has 4 aromatic rings. The zero-order valence-electron chi connectivity index (χ0n) is 17.7. The number of aromatic nitrogens is 2. The lowest BCUT2D eigenvalue weighted by Crippen LogP contribution is -2.32. The van der Waals surface area contributed by atoms with Crippen LogP contribution in [-0.4, -0.2) is 27.3 Å². The number of nitrogens with one attached hydrogen (secondary N) is 1. The van der Waals surface area contributed by atoms with E-state index in [2.05, 4.69) is 11.9 Å². The molecule has 0 radical (unpaired) electrons. The number of nitrogens with zero attached hydrogens (tertiary/aromatic N) is 2. The van der Waals surface area contributed by atoms with Crippen molar-refractivity contribution < 1.29 is 4.79 Å². The number of thioether (sulfide) groups is 1. The van der Waals surface area contributed by atoms with Gasteiger partial charge in [-0.2, -0.15) is 0 Å². The van der Waals surface area contributed by atoms with Crippen LogP contribution < -0.4 is 10.9 Å². The van der Waals surface area contributed by atoms with E-state index in [1.165, 1.54) is 23.1 Å². The number of carbonyl (C=O) groups excluding carboxylic acids is 1. The van der Waals surface area contributed by atoms with Crippen molar-refractivity contribution in [2.75, 3.05) is 6.54 Å². The number of hydrogen-bond donors (Lipinski definition) is 1. The van der Waals surface area contributed by atoms with Gasteiger partial charge in [-0.1, -0.05) is 78.5 Å². The molecule has 4 rings (SSSR count). The first-order chi connectivity index (χ1) is 15.6. The highest BCUT2D eigenvalue weighted by molar-refractivity contribution is 8.00. The molecular weight excluding hydrogens is 438 g/mol. The van der Waals surface area contributed by atoms with Crippen LogP contribution >= 0.6 is 23.1 Å². The number of rotatable bonds is 8. The normalized spacial score (nSPS) is 11.9. The van der Waals surface area contributed by atoms with Crippen molar-refractivity contribution in [1.29, 1.82) is 0 Å². The first-order valence-electron chi connectivity index (χ1n) is 10.2. The molecule has 0 saturated carbocycles. The summed E-state index contributed by atoms with van der Waals surface area (Å²) in [5.74, 6) is -0.119. The second kappa shape index (κ2) is 9.97. The first kappa shape index (κ1) is 22.0. The Morgan fingerprint density at radius 3 is 2.56 bits per heavy atom. The summed E-state index contributed by atoms with van der Waals surface area (Å²) in [6, 6.07) is 19.7. The van der Waals surface area contributed by atoms with Crippen LogP contribution in [0.5, 0.6) is 0 Å². The van der Waals surface area contributed by atoms with Gasteiger partial charge in [-0.05, 0) is 18.1 Å². The molecule has 0 saturated heterocycles. The van der Waals surface area contributed by atoms with Gasteiger partial charge in [0.15, 0.2) is 5.16 Å². The predicted molar refractivity (Wildman–Crippen MR) is 133 cm³/mol. The van der Waals surface area contributed by atoms with Crippen LogP contribution in [0.15, 0.2) is 88.6 Å². The van der Waals surface area contributed by atoms with E-state index in [9.17, 15) is 9.59 Å². The summed E-state index contributed by atoms with van der Waals surface area (Å²) in [4.78, 5) is 31.7. The summed E-state index contributed by atoms with van der Waals surface area (Å²) in [5, 5.41) is 5.54. The van der Waals surface area contributed by atoms with Gasteiger partial charge < -0.3 is 5.32 Å². The van der Waals surface area contributed by atoms with Crippen molar-refractivity contribution in [3.63, 3.8) is 0 Å². The average Bonchev–Trinajstić information content (AvgIpc) is 3.25. The molecule has 2 aromatic carbocycles. The molecule has 7 heteroatoms. The maximum absolute atomic E-state index is 13.7. The fourth-order valence-electron chi connectivity index (χ4n) is 3.36. The topological polar surface area (TPSA) is 64.0 Å². The average molecular weight is 462 g/mol. The van der Waals surface area contributed by atoms with Crippen molar-refractivity contribution in [1.82, 2.24) is 14.9 Å². The second-order valence-corrected chi connectivity index (χ2v) is 9.43. The SMILES string of the molecule is C=CCNC(=O)[C@H](C)Sc1nc2scc(-c3ccccc3)c2c(=O)n1Cc1ccccc1. The third kappa shape index (κ3) is 4.69. The van der Waals surface area contributed by atoms with E-state index in [0.29, 0.717) is 28.5 Å². The highest BCUT2D eigenvalue weighted by Crippen LogP contribution is 2.33. The molecule has 1 amide bonds. The van der Waals surface area contributed by atoms with E-state index >= 15 is 0 Å². The maximum atomic E-state index is 13.7. The Kier molecular flexibility index (Phi) is 6.87. The Bertz CT molecular complexity index is 1300. The van der Waals surface area contributed by atoms with E-state index < -0.39 is 5.25 Å². The van der Waals surface area contributed by atoms with Gasteiger partial charge in [0.1, 0.15) is 4.83 Å². The third-order valence-electron chi connectivity index (χ3n) is 5.00. The third-order valence-corrected chi connectivity index (χ3v) is 6.96. The standard InChI is InChI=1S/C25H23N3O2S2/c1-3-14-26-22(29)17(2)32-25-27-23-21(20(16-31-23)19-12-8-5-9-13-19)24(30)28(25)15-18-10-6-4-7-11-18/h3-13,16-17H,1,14-15H2,2H3,(H,26,29)/t17-/m0/s1. The monoisotopic (exact) mass is 461 g/mol. The van der Waals surface area contributed by atoms with Gasteiger partial charge in [0.25, 0.3) is 5.56 Å². The molecule has 0 aliphatic carbocycles. The zero-order chi connectivity index (χ0) is 22.5. The summed E-state index contributed by atoms with van der Waals surface area (Å²) in [7, 11) is 0. The van der Waals surface area contributed by atoms with Gasteiger partial charge in [-0.3, -0.25) is 14.2 Å². The maximum Gasteiger partial charge on any atom is 0.263 e. The lowest BCUT2D eigenvalue weighted by molar-refractivity contribution is -0.120. The molecule has 0 aliphatic rings. The molecule has 1 N–H and O–H groups in total. The number of benzene rings is 2. The van der Waals surface area contributed by atoms with E-state index in [-0.39, 0.29) is 11.5 Å². The van der Waals surface area contributed by atoms with Crippen LogP contribution in [0.25, 0.3) is 21.3 Å². The summed E-state index contributed by atoms with van der Waals surface area (Å²) in [5.41, 5.74) is 2.78. The Morgan fingerprint density at radius 2 is 1.88 bits per heavy atom. The molecule has 2 aromatic heterocycles. The Labute approximate surface area is 194 Å². The Morgan fingerprint density at radius 1 is 1.19 bits per heavy atom. The van der Waals surface area contributed by atoms with Crippen molar-refractivity contribution in [3.8, 4) is 11.1 Å². The molecule has 0 unspecified atom stereocenters. The molecule has 0 aliphatic heterocycles. The van der Waals surface area contributed by atoms with E-state index in [1.807, 2.05) is 73.0 Å².